The summed E-state index contributed by atoms with van der Waals surface area (Å²) in [5.41, 5.74) is 5.06. The molecule has 0 aliphatic rings. The van der Waals surface area contributed by atoms with E-state index in [0.29, 0.717) is 0 Å². The molecule has 6 heteroatoms. The van der Waals surface area contributed by atoms with Gasteiger partial charge >= 0.3 is 0 Å². The molecule has 0 saturated carbocycles. The molecule has 0 heterocycles. The summed E-state index contributed by atoms with van der Waals surface area (Å²) in [5.74, 6) is -2.52. The number of ether oxygens (including phenoxy) is 1. The van der Waals surface area contributed by atoms with Crippen LogP contribution in [0.4, 0.5) is 18.9 Å². The second-order valence-electron chi connectivity index (χ2n) is 3.83. The van der Waals surface area contributed by atoms with Gasteiger partial charge in [-0.1, -0.05) is 17.7 Å². The molecule has 0 spiro atoms. The van der Waals surface area contributed by atoms with E-state index >= 15 is 0 Å². The molecule has 0 aliphatic heterocycles. The fourth-order valence-corrected chi connectivity index (χ4v) is 1.61. The van der Waals surface area contributed by atoms with E-state index in [4.69, 9.17) is 22.1 Å². The summed E-state index contributed by atoms with van der Waals surface area (Å²) in [6.07, 6.45) is 0. The normalized spacial score (nSPS) is 10.5. The third-order valence-corrected chi connectivity index (χ3v) is 2.68. The molecule has 2 nitrogen and oxygen atoms in total. The molecule has 2 aromatic rings. The van der Waals surface area contributed by atoms with Gasteiger partial charge in [-0.25, -0.2) is 13.2 Å². The van der Waals surface area contributed by atoms with E-state index in [1.54, 1.807) is 0 Å². The maximum atomic E-state index is 13.4. The van der Waals surface area contributed by atoms with Crippen molar-refractivity contribution in [2.24, 2.45) is 0 Å². The van der Waals surface area contributed by atoms with E-state index in [9.17, 15) is 13.2 Å². The third-order valence-electron chi connectivity index (χ3n) is 2.45. The molecule has 0 aromatic heterocycles. The van der Waals surface area contributed by atoms with Gasteiger partial charge in [0.1, 0.15) is 18.2 Å². The van der Waals surface area contributed by atoms with Crippen molar-refractivity contribution >= 4 is 17.3 Å². The molecule has 2 aromatic carbocycles. The minimum atomic E-state index is -0.812. The van der Waals surface area contributed by atoms with Gasteiger partial charge in [-0.3, -0.25) is 0 Å². The number of halogens is 4. The Labute approximate surface area is 112 Å². The first-order chi connectivity index (χ1) is 8.97. The lowest BCUT2D eigenvalue weighted by Crippen LogP contribution is -2.02. The Balaban J connectivity index is 2.16. The van der Waals surface area contributed by atoms with Crippen molar-refractivity contribution in [3.8, 4) is 5.75 Å². The van der Waals surface area contributed by atoms with Crippen LogP contribution in [0.1, 0.15) is 5.56 Å². The highest BCUT2D eigenvalue weighted by Crippen LogP contribution is 2.24. The molecule has 0 fully saturated rings. The highest BCUT2D eigenvalue weighted by atomic mass is 35.5. The Morgan fingerprint density at radius 3 is 2.42 bits per heavy atom. The van der Waals surface area contributed by atoms with Gasteiger partial charge in [-0.05, 0) is 12.1 Å². The van der Waals surface area contributed by atoms with Crippen LogP contribution >= 0.6 is 11.6 Å². The van der Waals surface area contributed by atoms with Crippen molar-refractivity contribution in [1.82, 2.24) is 0 Å². The zero-order valence-corrected chi connectivity index (χ0v) is 10.3. The number of nitrogens with two attached hydrogens (primary N) is 1. The molecule has 0 saturated heterocycles. The van der Waals surface area contributed by atoms with E-state index in [1.165, 1.54) is 12.1 Å². The molecule has 2 N–H and O–H groups in total. The van der Waals surface area contributed by atoms with Crippen LogP contribution in [-0.2, 0) is 6.61 Å². The Bertz CT molecular complexity index is 619. The van der Waals surface area contributed by atoms with Crippen LogP contribution in [0.15, 0.2) is 30.3 Å². The van der Waals surface area contributed by atoms with Gasteiger partial charge in [0.25, 0.3) is 0 Å². The fourth-order valence-electron chi connectivity index (χ4n) is 1.45. The first-order valence-corrected chi connectivity index (χ1v) is 5.66. The lowest BCUT2D eigenvalue weighted by atomic mass is 10.2. The summed E-state index contributed by atoms with van der Waals surface area (Å²) in [5, 5.41) is 0.242. The van der Waals surface area contributed by atoms with Crippen LogP contribution in [0.2, 0.25) is 5.02 Å². The summed E-state index contributed by atoms with van der Waals surface area (Å²) in [6.45, 7) is -0.247. The van der Waals surface area contributed by atoms with Gasteiger partial charge in [-0.15, -0.1) is 0 Å². The van der Waals surface area contributed by atoms with Crippen LogP contribution in [0.5, 0.6) is 5.75 Å². The average Bonchev–Trinajstić information content (AvgIpc) is 2.34. The van der Waals surface area contributed by atoms with Crippen LogP contribution in [0.3, 0.4) is 0 Å². The molecule has 0 radical (unpaired) electrons. The zero-order valence-electron chi connectivity index (χ0n) is 9.59. The van der Waals surface area contributed by atoms with Crippen molar-refractivity contribution in [2.75, 3.05) is 5.73 Å². The monoisotopic (exact) mass is 287 g/mol. The number of hydrogen-bond acceptors (Lipinski definition) is 2. The van der Waals surface area contributed by atoms with Crippen molar-refractivity contribution in [3.63, 3.8) is 0 Å². The van der Waals surface area contributed by atoms with E-state index in [0.717, 1.165) is 18.2 Å². The Morgan fingerprint density at radius 1 is 1.00 bits per heavy atom. The van der Waals surface area contributed by atoms with Gasteiger partial charge in [0.15, 0.2) is 11.6 Å². The van der Waals surface area contributed by atoms with Gasteiger partial charge in [0, 0.05) is 22.7 Å². The lowest BCUT2D eigenvalue weighted by Gasteiger charge is -2.09. The maximum absolute atomic E-state index is 13.4. The smallest absolute Gasteiger partial charge is 0.167 e. The van der Waals surface area contributed by atoms with Crippen LogP contribution in [-0.4, -0.2) is 0 Å². The Morgan fingerprint density at radius 2 is 1.74 bits per heavy atom. The van der Waals surface area contributed by atoms with Crippen molar-refractivity contribution < 1.29 is 17.9 Å². The maximum Gasteiger partial charge on any atom is 0.167 e. The molecule has 0 bridgehead atoms. The Hall–Kier alpha value is -1.88. The molecule has 0 unspecified atom stereocenters. The number of hydrogen-bond donors (Lipinski definition) is 1. The zero-order chi connectivity index (χ0) is 14.0. The van der Waals surface area contributed by atoms with Gasteiger partial charge < -0.3 is 10.5 Å². The second kappa shape index (κ2) is 5.40. The highest BCUT2D eigenvalue weighted by molar-refractivity contribution is 6.30. The van der Waals surface area contributed by atoms with Gasteiger partial charge in [-0.2, -0.15) is 0 Å². The summed E-state index contributed by atoms with van der Waals surface area (Å²) in [4.78, 5) is 0. The summed E-state index contributed by atoms with van der Waals surface area (Å²) in [7, 11) is 0. The third kappa shape index (κ3) is 3.12. The predicted molar refractivity (Wildman–Crippen MR) is 66.5 cm³/mol. The Kier molecular flexibility index (Phi) is 3.85. The average molecular weight is 288 g/mol. The van der Waals surface area contributed by atoms with Crippen LogP contribution < -0.4 is 10.5 Å². The molecule has 100 valence electrons. The number of nitrogen functional groups attached to an aromatic ring is 1. The molecule has 2 rings (SSSR count). The second-order valence-corrected chi connectivity index (χ2v) is 4.26. The summed E-state index contributed by atoms with van der Waals surface area (Å²) >= 11 is 5.59. The standard InChI is InChI=1S/C13H9ClF3NO/c14-8-2-1-7(9(15)3-8)6-19-13-5-10(16)12(18)4-11(13)17/h1-5H,6,18H2. The first kappa shape index (κ1) is 13.5. The van der Waals surface area contributed by atoms with Crippen molar-refractivity contribution in [2.45, 2.75) is 6.61 Å². The molecule has 0 atom stereocenters. The van der Waals surface area contributed by atoms with E-state index in [1.807, 2.05) is 0 Å². The van der Waals surface area contributed by atoms with E-state index < -0.39 is 17.5 Å². The van der Waals surface area contributed by atoms with Gasteiger partial charge in [0.2, 0.25) is 0 Å². The first-order valence-electron chi connectivity index (χ1n) is 5.28. The topological polar surface area (TPSA) is 35.2 Å². The number of benzene rings is 2. The fraction of sp³-hybridized carbons (Fsp3) is 0.0769. The van der Waals surface area contributed by atoms with Crippen LogP contribution in [0.25, 0.3) is 0 Å². The molecular weight excluding hydrogens is 279 g/mol. The van der Waals surface area contributed by atoms with E-state index in [-0.39, 0.29) is 28.6 Å². The van der Waals surface area contributed by atoms with Crippen molar-refractivity contribution in [3.05, 3.63) is 58.4 Å². The SMILES string of the molecule is Nc1cc(F)c(OCc2ccc(Cl)cc2F)cc1F. The minimum absolute atomic E-state index is 0.182. The summed E-state index contributed by atoms with van der Waals surface area (Å²) < 4.78 is 45.0. The quantitative estimate of drug-likeness (QED) is 0.869. The number of anilines is 1. The largest absolute Gasteiger partial charge is 0.486 e. The lowest BCUT2D eigenvalue weighted by molar-refractivity contribution is 0.283. The highest BCUT2D eigenvalue weighted by Gasteiger charge is 2.10. The molecule has 0 amide bonds. The van der Waals surface area contributed by atoms with Gasteiger partial charge in [0.05, 0.1) is 5.69 Å². The molecule has 0 aliphatic carbocycles. The predicted octanol–water partition coefficient (Wildman–Crippen LogP) is 3.92. The molecular formula is C13H9ClF3NO. The van der Waals surface area contributed by atoms with E-state index in [2.05, 4.69) is 0 Å². The minimum Gasteiger partial charge on any atom is -0.486 e. The summed E-state index contributed by atoms with van der Waals surface area (Å²) in [6, 6.07) is 5.62. The van der Waals surface area contributed by atoms with Crippen LogP contribution in [0, 0.1) is 17.5 Å². The molecule has 19 heavy (non-hydrogen) atoms. The number of rotatable bonds is 3. The van der Waals surface area contributed by atoms with Crippen molar-refractivity contribution in [1.29, 1.82) is 0 Å².